The van der Waals surface area contributed by atoms with E-state index < -0.39 is 20.9 Å². The highest BCUT2D eigenvalue weighted by atomic mass is 32.2. The standard InChI is InChI=1S/C17H17N3O6S/c1-26-16-11-13(19-8-3-9-27(19,24)25)6-7-15(16)18-17(21)12-4-2-5-14(10-12)20(22)23/h2,4-7,10-11H,3,8-9H2,1H3,(H,18,21). The van der Waals surface area contributed by atoms with Gasteiger partial charge in [0.05, 0.1) is 29.2 Å². The molecular weight excluding hydrogens is 374 g/mol. The molecule has 0 spiro atoms. The molecule has 0 saturated carbocycles. The molecule has 142 valence electrons. The summed E-state index contributed by atoms with van der Waals surface area (Å²) in [5, 5.41) is 13.5. The first-order valence-corrected chi connectivity index (χ1v) is 9.67. The molecule has 0 aromatic heterocycles. The van der Waals surface area contributed by atoms with E-state index in [1.54, 1.807) is 6.07 Å². The molecule has 1 fully saturated rings. The van der Waals surface area contributed by atoms with E-state index in [0.717, 1.165) is 0 Å². The Labute approximate surface area is 155 Å². The number of nitrogens with one attached hydrogen (secondary N) is 1. The zero-order chi connectivity index (χ0) is 19.6. The largest absolute Gasteiger partial charge is 0.494 e. The number of non-ortho nitro benzene ring substituents is 1. The number of rotatable bonds is 5. The van der Waals surface area contributed by atoms with Gasteiger partial charge in [0, 0.05) is 30.3 Å². The highest BCUT2D eigenvalue weighted by Crippen LogP contribution is 2.33. The molecule has 9 nitrogen and oxygen atoms in total. The summed E-state index contributed by atoms with van der Waals surface area (Å²) in [6.07, 6.45) is 0.552. The van der Waals surface area contributed by atoms with Gasteiger partial charge in [-0.15, -0.1) is 0 Å². The third-order valence-electron chi connectivity index (χ3n) is 4.14. The number of nitro groups is 1. The number of amides is 1. The summed E-state index contributed by atoms with van der Waals surface area (Å²) >= 11 is 0. The van der Waals surface area contributed by atoms with Crippen LogP contribution in [0.1, 0.15) is 16.8 Å². The fraction of sp³-hybridized carbons (Fsp3) is 0.235. The fourth-order valence-corrected chi connectivity index (χ4v) is 4.38. The van der Waals surface area contributed by atoms with Crippen LogP contribution < -0.4 is 14.4 Å². The first-order chi connectivity index (χ1) is 12.8. The van der Waals surface area contributed by atoms with E-state index >= 15 is 0 Å². The van der Waals surface area contributed by atoms with Gasteiger partial charge in [-0.05, 0) is 24.6 Å². The van der Waals surface area contributed by atoms with Crippen LogP contribution in [-0.4, -0.2) is 38.7 Å². The fourth-order valence-electron chi connectivity index (χ4n) is 2.82. The van der Waals surface area contributed by atoms with Crippen molar-refractivity contribution in [2.75, 3.05) is 29.0 Å². The van der Waals surface area contributed by atoms with Crippen molar-refractivity contribution in [1.82, 2.24) is 0 Å². The van der Waals surface area contributed by atoms with Gasteiger partial charge >= 0.3 is 0 Å². The van der Waals surface area contributed by atoms with E-state index in [2.05, 4.69) is 5.32 Å². The van der Waals surface area contributed by atoms with Crippen molar-refractivity contribution in [1.29, 1.82) is 0 Å². The highest BCUT2D eigenvalue weighted by Gasteiger charge is 2.29. The molecule has 1 saturated heterocycles. The summed E-state index contributed by atoms with van der Waals surface area (Å²) in [6, 6.07) is 10.00. The average molecular weight is 391 g/mol. The Morgan fingerprint density at radius 3 is 2.67 bits per heavy atom. The Morgan fingerprint density at radius 2 is 2.04 bits per heavy atom. The minimum absolute atomic E-state index is 0.0978. The summed E-state index contributed by atoms with van der Waals surface area (Å²) in [4.78, 5) is 22.7. The van der Waals surface area contributed by atoms with Gasteiger partial charge < -0.3 is 10.1 Å². The van der Waals surface area contributed by atoms with Crippen molar-refractivity contribution >= 4 is 33.0 Å². The molecule has 0 bridgehead atoms. The average Bonchev–Trinajstić information content (AvgIpc) is 3.01. The molecule has 0 radical (unpaired) electrons. The van der Waals surface area contributed by atoms with Crippen LogP contribution in [0.15, 0.2) is 42.5 Å². The SMILES string of the molecule is COc1cc(N2CCCS2(=O)=O)ccc1NC(=O)c1cccc([N+](=O)[O-])c1. The number of methoxy groups -OCH3 is 1. The van der Waals surface area contributed by atoms with Crippen molar-refractivity contribution in [3.63, 3.8) is 0 Å². The monoisotopic (exact) mass is 391 g/mol. The number of benzene rings is 2. The number of hydrogen-bond donors (Lipinski definition) is 1. The molecule has 2 aromatic carbocycles. The number of carbonyl (C=O) groups excluding carboxylic acids is 1. The van der Waals surface area contributed by atoms with Crippen LogP contribution in [0.3, 0.4) is 0 Å². The Bertz CT molecular complexity index is 1010. The molecule has 1 amide bonds. The summed E-state index contributed by atoms with van der Waals surface area (Å²) in [5.41, 5.74) is 0.716. The molecule has 2 aromatic rings. The molecule has 0 atom stereocenters. The van der Waals surface area contributed by atoms with Gasteiger partial charge in [0.25, 0.3) is 11.6 Å². The smallest absolute Gasteiger partial charge is 0.270 e. The highest BCUT2D eigenvalue weighted by molar-refractivity contribution is 7.93. The van der Waals surface area contributed by atoms with E-state index in [0.29, 0.717) is 24.3 Å². The zero-order valence-corrected chi connectivity index (χ0v) is 15.2. The Morgan fingerprint density at radius 1 is 1.26 bits per heavy atom. The van der Waals surface area contributed by atoms with Gasteiger partial charge in [0.15, 0.2) is 0 Å². The molecule has 27 heavy (non-hydrogen) atoms. The quantitative estimate of drug-likeness (QED) is 0.617. The van der Waals surface area contributed by atoms with Crippen molar-refractivity contribution < 1.29 is 22.9 Å². The Hall–Kier alpha value is -3.14. The molecule has 0 aliphatic carbocycles. The molecule has 0 unspecified atom stereocenters. The van der Waals surface area contributed by atoms with Crippen LogP contribution in [0.5, 0.6) is 5.75 Å². The van der Waals surface area contributed by atoms with Crippen LogP contribution in [0.25, 0.3) is 0 Å². The maximum Gasteiger partial charge on any atom is 0.270 e. The lowest BCUT2D eigenvalue weighted by molar-refractivity contribution is -0.384. The van der Waals surface area contributed by atoms with Crippen LogP contribution in [0.4, 0.5) is 17.1 Å². The summed E-state index contributed by atoms with van der Waals surface area (Å²) in [6.45, 7) is 0.394. The van der Waals surface area contributed by atoms with Crippen LogP contribution in [0.2, 0.25) is 0 Å². The first-order valence-electron chi connectivity index (χ1n) is 8.06. The lowest BCUT2D eigenvalue weighted by Gasteiger charge is -2.19. The van der Waals surface area contributed by atoms with Crippen molar-refractivity contribution in [3.05, 3.63) is 58.1 Å². The van der Waals surface area contributed by atoms with Gasteiger partial charge in [-0.2, -0.15) is 0 Å². The molecule has 1 aliphatic rings. The molecule has 1 aliphatic heterocycles. The van der Waals surface area contributed by atoms with Gasteiger partial charge in [0.1, 0.15) is 5.75 Å². The number of carbonyl (C=O) groups is 1. The van der Waals surface area contributed by atoms with Crippen molar-refractivity contribution in [3.8, 4) is 5.75 Å². The van der Waals surface area contributed by atoms with Crippen LogP contribution in [-0.2, 0) is 10.0 Å². The number of nitrogens with zero attached hydrogens (tertiary/aromatic N) is 2. The lowest BCUT2D eigenvalue weighted by Crippen LogP contribution is -2.25. The van der Waals surface area contributed by atoms with Crippen molar-refractivity contribution in [2.24, 2.45) is 0 Å². The minimum Gasteiger partial charge on any atom is -0.494 e. The first kappa shape index (κ1) is 18.6. The lowest BCUT2D eigenvalue weighted by atomic mass is 10.1. The third kappa shape index (κ3) is 3.85. The summed E-state index contributed by atoms with van der Waals surface area (Å²) < 4.78 is 30.7. The number of nitro benzene ring substituents is 1. The normalized spacial score (nSPS) is 15.4. The van der Waals surface area contributed by atoms with E-state index in [-0.39, 0.29) is 22.8 Å². The second kappa shape index (κ2) is 7.23. The van der Waals surface area contributed by atoms with E-state index in [1.165, 1.54) is 47.8 Å². The predicted octanol–water partition coefficient (Wildman–Crippen LogP) is 2.40. The second-order valence-electron chi connectivity index (χ2n) is 5.89. The molecule has 1 heterocycles. The minimum atomic E-state index is -3.33. The maximum absolute atomic E-state index is 12.4. The zero-order valence-electron chi connectivity index (χ0n) is 14.4. The number of sulfonamides is 1. The summed E-state index contributed by atoms with van der Waals surface area (Å²) in [5.74, 6) is -0.160. The number of anilines is 2. The molecule has 1 N–H and O–H groups in total. The molecular formula is C17H17N3O6S. The van der Waals surface area contributed by atoms with Crippen LogP contribution >= 0.6 is 0 Å². The van der Waals surface area contributed by atoms with E-state index in [4.69, 9.17) is 4.74 Å². The third-order valence-corrected chi connectivity index (χ3v) is 6.01. The maximum atomic E-state index is 12.4. The molecule has 10 heteroatoms. The van der Waals surface area contributed by atoms with Gasteiger partial charge in [0.2, 0.25) is 10.0 Å². The molecule has 3 rings (SSSR count). The summed E-state index contributed by atoms with van der Waals surface area (Å²) in [7, 11) is -1.93. The predicted molar refractivity (Wildman–Crippen MR) is 99.8 cm³/mol. The topological polar surface area (TPSA) is 119 Å². The number of ether oxygens (including phenoxy) is 1. The van der Waals surface area contributed by atoms with Gasteiger partial charge in [-0.1, -0.05) is 6.07 Å². The second-order valence-corrected chi connectivity index (χ2v) is 7.90. The van der Waals surface area contributed by atoms with E-state index in [1.807, 2.05) is 0 Å². The van der Waals surface area contributed by atoms with Crippen LogP contribution in [0, 0.1) is 10.1 Å². The van der Waals surface area contributed by atoms with E-state index in [9.17, 15) is 23.3 Å². The number of hydrogen-bond acceptors (Lipinski definition) is 6. The van der Waals surface area contributed by atoms with Gasteiger partial charge in [-0.25, -0.2) is 8.42 Å². The van der Waals surface area contributed by atoms with Crippen molar-refractivity contribution in [2.45, 2.75) is 6.42 Å². The van der Waals surface area contributed by atoms with Gasteiger partial charge in [-0.3, -0.25) is 19.2 Å². The Balaban J connectivity index is 1.86. The Kier molecular flexibility index (Phi) is 5.00.